The van der Waals surface area contributed by atoms with Crippen molar-refractivity contribution in [3.8, 4) is 5.75 Å². The molecule has 1 atom stereocenters. The standard InChI is InChI=1S/C21H26NO7P/c23-20(29-14-13-28-19-9-5-2-6-10-19)11-12-22-21(24)18(16-30(25,26)27)15-17-7-3-1-4-8-17/h1-10,18H,11-16H2,(H,22,24)(H2,25,26,27)/t18-/m1/s1. The topological polar surface area (TPSA) is 122 Å². The summed E-state index contributed by atoms with van der Waals surface area (Å²) >= 11 is 0. The Hall–Kier alpha value is -2.67. The van der Waals surface area contributed by atoms with Crippen LogP contribution in [0.5, 0.6) is 5.75 Å². The number of carbonyl (C=O) groups excluding carboxylic acids is 2. The second kappa shape index (κ2) is 12.1. The molecule has 0 fully saturated rings. The first-order valence-corrected chi connectivity index (χ1v) is 11.3. The van der Waals surface area contributed by atoms with E-state index in [1.165, 1.54) is 0 Å². The van der Waals surface area contributed by atoms with Crippen LogP contribution in [0.3, 0.4) is 0 Å². The highest BCUT2D eigenvalue weighted by Gasteiger charge is 2.27. The summed E-state index contributed by atoms with van der Waals surface area (Å²) in [5.41, 5.74) is 0.795. The van der Waals surface area contributed by atoms with Crippen molar-refractivity contribution in [2.45, 2.75) is 12.8 Å². The largest absolute Gasteiger partial charge is 0.490 e. The quantitative estimate of drug-likeness (QED) is 0.265. The molecule has 0 aliphatic heterocycles. The van der Waals surface area contributed by atoms with Gasteiger partial charge in [-0.05, 0) is 24.1 Å². The molecule has 3 N–H and O–H groups in total. The Morgan fingerprint density at radius 1 is 0.967 bits per heavy atom. The lowest BCUT2D eigenvalue weighted by Crippen LogP contribution is -2.35. The van der Waals surface area contributed by atoms with Crippen LogP contribution < -0.4 is 10.1 Å². The molecule has 0 spiro atoms. The summed E-state index contributed by atoms with van der Waals surface area (Å²) in [6, 6.07) is 18.1. The smallest absolute Gasteiger partial charge is 0.326 e. The zero-order valence-corrected chi connectivity index (χ0v) is 17.4. The van der Waals surface area contributed by atoms with Crippen molar-refractivity contribution in [3.63, 3.8) is 0 Å². The van der Waals surface area contributed by atoms with E-state index in [0.717, 1.165) is 5.56 Å². The molecule has 0 aromatic heterocycles. The van der Waals surface area contributed by atoms with Gasteiger partial charge in [0, 0.05) is 6.54 Å². The lowest BCUT2D eigenvalue weighted by molar-refractivity contribution is -0.144. The molecule has 0 unspecified atom stereocenters. The van der Waals surface area contributed by atoms with E-state index in [-0.39, 0.29) is 32.6 Å². The number of carbonyl (C=O) groups is 2. The number of hydrogen-bond donors (Lipinski definition) is 3. The van der Waals surface area contributed by atoms with Crippen molar-refractivity contribution in [3.05, 3.63) is 66.2 Å². The van der Waals surface area contributed by atoms with Gasteiger partial charge < -0.3 is 24.6 Å². The molecule has 0 saturated carbocycles. The highest BCUT2D eigenvalue weighted by Crippen LogP contribution is 2.37. The lowest BCUT2D eigenvalue weighted by Gasteiger charge is -2.17. The van der Waals surface area contributed by atoms with Gasteiger partial charge in [-0.3, -0.25) is 14.2 Å². The summed E-state index contributed by atoms with van der Waals surface area (Å²) in [5, 5.41) is 2.56. The summed E-state index contributed by atoms with van der Waals surface area (Å²) in [6.45, 7) is 0.309. The van der Waals surface area contributed by atoms with Crippen LogP contribution in [0.4, 0.5) is 0 Å². The molecule has 9 heteroatoms. The molecule has 2 aromatic rings. The highest BCUT2D eigenvalue weighted by atomic mass is 31.2. The number of esters is 1. The monoisotopic (exact) mass is 435 g/mol. The molecular formula is C21H26NO7P. The molecule has 0 heterocycles. The first-order valence-electron chi connectivity index (χ1n) is 9.53. The first-order chi connectivity index (χ1) is 14.3. The van der Waals surface area contributed by atoms with Crippen LogP contribution in [-0.4, -0.2) is 47.6 Å². The summed E-state index contributed by atoms with van der Waals surface area (Å²) in [4.78, 5) is 42.7. The van der Waals surface area contributed by atoms with Gasteiger partial charge in [0.1, 0.15) is 19.0 Å². The van der Waals surface area contributed by atoms with Gasteiger partial charge in [0.05, 0.1) is 18.5 Å². The maximum absolute atomic E-state index is 12.4. The molecule has 30 heavy (non-hydrogen) atoms. The van der Waals surface area contributed by atoms with Gasteiger partial charge in [-0.15, -0.1) is 0 Å². The third kappa shape index (κ3) is 9.69. The van der Waals surface area contributed by atoms with E-state index < -0.39 is 31.6 Å². The molecule has 0 aliphatic rings. The van der Waals surface area contributed by atoms with Gasteiger partial charge in [-0.1, -0.05) is 48.5 Å². The normalized spacial score (nSPS) is 12.1. The minimum Gasteiger partial charge on any atom is -0.490 e. The van der Waals surface area contributed by atoms with Gasteiger partial charge >= 0.3 is 13.6 Å². The number of benzene rings is 2. The number of ether oxygens (including phenoxy) is 2. The fraction of sp³-hybridized carbons (Fsp3) is 0.333. The van der Waals surface area contributed by atoms with Crippen LogP contribution >= 0.6 is 7.60 Å². The van der Waals surface area contributed by atoms with Crippen molar-refractivity contribution >= 4 is 19.5 Å². The SMILES string of the molecule is O=C(CCNC(=O)[C@H](Cc1ccccc1)CP(=O)(O)O)OCCOc1ccccc1. The molecule has 1 amide bonds. The predicted molar refractivity (Wildman–Crippen MR) is 111 cm³/mol. The molecule has 0 saturated heterocycles. The fourth-order valence-corrected chi connectivity index (χ4v) is 3.63. The van der Waals surface area contributed by atoms with Crippen LogP contribution in [0.15, 0.2) is 60.7 Å². The Bertz CT molecular complexity index is 839. The van der Waals surface area contributed by atoms with Crippen LogP contribution in [0, 0.1) is 5.92 Å². The van der Waals surface area contributed by atoms with E-state index in [1.54, 1.807) is 36.4 Å². The lowest BCUT2D eigenvalue weighted by atomic mass is 10.0. The minimum atomic E-state index is -4.37. The Labute approximate surface area is 175 Å². The summed E-state index contributed by atoms with van der Waals surface area (Å²) < 4.78 is 21.9. The van der Waals surface area contributed by atoms with Gasteiger partial charge in [0.2, 0.25) is 5.91 Å². The maximum atomic E-state index is 12.4. The van der Waals surface area contributed by atoms with Gasteiger partial charge in [-0.2, -0.15) is 0 Å². The Morgan fingerprint density at radius 2 is 1.60 bits per heavy atom. The molecule has 0 bridgehead atoms. The predicted octanol–water partition coefficient (Wildman–Crippen LogP) is 2.15. The van der Waals surface area contributed by atoms with Crippen LogP contribution in [0.25, 0.3) is 0 Å². The van der Waals surface area contributed by atoms with Crippen molar-refractivity contribution in [2.75, 3.05) is 25.9 Å². The average molecular weight is 435 g/mol. The third-order valence-corrected chi connectivity index (χ3v) is 5.06. The first kappa shape index (κ1) is 23.6. The van der Waals surface area contributed by atoms with Crippen LogP contribution in [0.2, 0.25) is 0 Å². The third-order valence-electron chi connectivity index (χ3n) is 4.14. The van der Waals surface area contributed by atoms with Gasteiger partial charge in [0.15, 0.2) is 0 Å². The van der Waals surface area contributed by atoms with E-state index in [0.29, 0.717) is 5.75 Å². The molecule has 2 rings (SSSR count). The summed E-state index contributed by atoms with van der Waals surface area (Å²) in [5.74, 6) is -1.23. The van der Waals surface area contributed by atoms with E-state index in [9.17, 15) is 23.9 Å². The average Bonchev–Trinajstić information content (AvgIpc) is 2.71. The number of para-hydroxylation sites is 1. The van der Waals surface area contributed by atoms with Gasteiger partial charge in [0.25, 0.3) is 0 Å². The van der Waals surface area contributed by atoms with Crippen molar-refractivity contribution < 1.29 is 33.4 Å². The number of amides is 1. The van der Waals surface area contributed by atoms with Gasteiger partial charge in [-0.25, -0.2) is 0 Å². The maximum Gasteiger partial charge on any atom is 0.326 e. The summed E-state index contributed by atoms with van der Waals surface area (Å²) in [7, 11) is -4.37. The molecule has 0 aliphatic carbocycles. The molecular weight excluding hydrogens is 409 g/mol. The molecule has 0 radical (unpaired) electrons. The van der Waals surface area contributed by atoms with Crippen LogP contribution in [-0.2, 0) is 25.3 Å². The zero-order valence-electron chi connectivity index (χ0n) is 16.5. The molecule has 162 valence electrons. The number of rotatable bonds is 12. The highest BCUT2D eigenvalue weighted by molar-refractivity contribution is 7.51. The van der Waals surface area contributed by atoms with Crippen LogP contribution in [0.1, 0.15) is 12.0 Å². The molecule has 8 nitrogen and oxygen atoms in total. The second-order valence-electron chi connectivity index (χ2n) is 6.66. The van der Waals surface area contributed by atoms with Crippen molar-refractivity contribution in [2.24, 2.45) is 5.92 Å². The Balaban J connectivity index is 1.71. The fourth-order valence-electron chi connectivity index (χ4n) is 2.76. The minimum absolute atomic E-state index is 0.0175. The Morgan fingerprint density at radius 3 is 2.23 bits per heavy atom. The number of hydrogen-bond acceptors (Lipinski definition) is 5. The van der Waals surface area contributed by atoms with E-state index in [2.05, 4.69) is 5.32 Å². The molecule has 2 aromatic carbocycles. The summed E-state index contributed by atoms with van der Waals surface area (Å²) in [6.07, 6.45) is -0.418. The zero-order chi connectivity index (χ0) is 21.8. The number of nitrogens with one attached hydrogen (secondary N) is 1. The Kier molecular flexibility index (Phi) is 9.54. The van der Waals surface area contributed by atoms with Crippen molar-refractivity contribution in [1.82, 2.24) is 5.32 Å². The van der Waals surface area contributed by atoms with E-state index in [1.807, 2.05) is 24.3 Å². The van der Waals surface area contributed by atoms with E-state index in [4.69, 9.17) is 9.47 Å². The van der Waals surface area contributed by atoms with Crippen molar-refractivity contribution in [1.29, 1.82) is 0 Å². The van der Waals surface area contributed by atoms with E-state index >= 15 is 0 Å². The second-order valence-corrected chi connectivity index (χ2v) is 8.35.